The molecule has 2 N–H and O–H groups in total. The minimum absolute atomic E-state index is 0.160. The highest BCUT2D eigenvalue weighted by Gasteiger charge is 2.34. The first-order chi connectivity index (χ1) is 19.9. The van der Waals surface area contributed by atoms with Crippen LogP contribution in [0, 0.1) is 5.82 Å². The van der Waals surface area contributed by atoms with E-state index in [4.69, 9.17) is 26.3 Å². The maximum Gasteiger partial charge on any atom is 0.338 e. The van der Waals surface area contributed by atoms with E-state index in [-0.39, 0.29) is 5.02 Å². The second-order valence-electron chi connectivity index (χ2n) is 10.4. The number of thioether (sulfide) groups is 1. The van der Waals surface area contributed by atoms with Gasteiger partial charge in [-0.15, -0.1) is 0 Å². The number of methoxy groups -OCH3 is 1. The summed E-state index contributed by atoms with van der Waals surface area (Å²) in [5.41, 5.74) is 1.83. The molecule has 1 unspecified atom stereocenters. The van der Waals surface area contributed by atoms with Gasteiger partial charge in [-0.25, -0.2) is 9.18 Å². The number of nitrogens with zero attached hydrogens (tertiary/aromatic N) is 3. The summed E-state index contributed by atoms with van der Waals surface area (Å²) in [6, 6.07) is 3.90. The average molecular weight is 600 g/mol. The van der Waals surface area contributed by atoms with Crippen molar-refractivity contribution in [3.05, 3.63) is 71.3 Å². The van der Waals surface area contributed by atoms with Crippen LogP contribution in [0.25, 0.3) is 0 Å². The van der Waals surface area contributed by atoms with Crippen molar-refractivity contribution in [2.45, 2.75) is 82.3 Å². The molecule has 0 spiro atoms. The Morgan fingerprint density at radius 1 is 1.20 bits per heavy atom. The third-order valence-corrected chi connectivity index (χ3v) is 8.87. The molecule has 2 fully saturated rings. The van der Waals surface area contributed by atoms with Crippen LogP contribution in [0.2, 0.25) is 5.02 Å². The molecule has 1 aromatic rings. The number of carbonyl (C=O) groups is 1. The average Bonchev–Trinajstić information content (AvgIpc) is 2.99. The van der Waals surface area contributed by atoms with Crippen LogP contribution in [0.4, 0.5) is 4.39 Å². The molecule has 0 radical (unpaired) electrons. The Balaban J connectivity index is 1.72. The van der Waals surface area contributed by atoms with E-state index in [1.54, 1.807) is 23.9 Å². The zero-order valence-corrected chi connectivity index (χ0v) is 25.2. The van der Waals surface area contributed by atoms with Gasteiger partial charge in [0.2, 0.25) is 0 Å². The Hall–Kier alpha value is -2.91. The van der Waals surface area contributed by atoms with Gasteiger partial charge >= 0.3 is 5.97 Å². The summed E-state index contributed by atoms with van der Waals surface area (Å²) in [6.07, 6.45) is 14.7. The predicted octanol–water partition coefficient (Wildman–Crippen LogP) is 7.06. The first kappa shape index (κ1) is 31.0. The van der Waals surface area contributed by atoms with Crippen LogP contribution < -0.4 is 10.6 Å². The first-order valence-electron chi connectivity index (χ1n) is 14.3. The van der Waals surface area contributed by atoms with Crippen LogP contribution in [0.3, 0.4) is 0 Å². The van der Waals surface area contributed by atoms with Gasteiger partial charge in [-0.05, 0) is 43.9 Å². The maximum absolute atomic E-state index is 14.0. The van der Waals surface area contributed by atoms with Crippen molar-refractivity contribution in [1.29, 1.82) is 0 Å². The van der Waals surface area contributed by atoms with Gasteiger partial charge in [0.15, 0.2) is 11.0 Å². The molecule has 1 aliphatic heterocycles. The fraction of sp³-hybridized carbons (Fsp3) is 0.484. The number of esters is 1. The molecule has 2 saturated carbocycles. The maximum atomic E-state index is 14.0. The third-order valence-electron chi connectivity index (χ3n) is 7.62. The van der Waals surface area contributed by atoms with Gasteiger partial charge in [-0.2, -0.15) is 0 Å². The molecule has 7 nitrogen and oxygen atoms in total. The summed E-state index contributed by atoms with van der Waals surface area (Å²) in [5, 5.41) is 8.09. The molecule has 0 amide bonds. The summed E-state index contributed by atoms with van der Waals surface area (Å²) < 4.78 is 19.2. The van der Waals surface area contributed by atoms with E-state index >= 15 is 0 Å². The summed E-state index contributed by atoms with van der Waals surface area (Å²) in [5.74, 6) is -0.232. The number of carbonyl (C=O) groups excluding carboxylic acids is 1. The predicted molar refractivity (Wildman–Crippen MR) is 168 cm³/mol. The van der Waals surface area contributed by atoms with Crippen LogP contribution in [0.5, 0.6) is 0 Å². The normalized spacial score (nSPS) is 21.1. The molecule has 1 aromatic carbocycles. The van der Waals surface area contributed by atoms with Gasteiger partial charge in [0, 0.05) is 34.3 Å². The van der Waals surface area contributed by atoms with Crippen molar-refractivity contribution in [3.63, 3.8) is 0 Å². The smallest absolute Gasteiger partial charge is 0.338 e. The molecule has 0 bridgehead atoms. The van der Waals surface area contributed by atoms with Crippen molar-refractivity contribution >= 4 is 46.0 Å². The lowest BCUT2D eigenvalue weighted by Crippen LogP contribution is -2.39. The largest absolute Gasteiger partial charge is 0.466 e. The fourth-order valence-electron chi connectivity index (χ4n) is 5.50. The lowest BCUT2D eigenvalue weighted by Gasteiger charge is -2.29. The Labute approximate surface area is 251 Å². The zero-order valence-electron chi connectivity index (χ0n) is 23.6. The van der Waals surface area contributed by atoms with Crippen LogP contribution in [0.1, 0.15) is 75.8 Å². The van der Waals surface area contributed by atoms with Crippen molar-refractivity contribution < 1.29 is 13.9 Å². The van der Waals surface area contributed by atoms with Crippen molar-refractivity contribution in [2.75, 3.05) is 12.9 Å². The lowest BCUT2D eigenvalue weighted by molar-refractivity contribution is -0.136. The SMILES string of the molecule is C=CN=C(C=C)C1=NC(c2ccc(F)cc2Cl)C(C(=O)OC)=C(CSC(=NC2CCCCC2)NC2CCCCC2)N1. The quantitative estimate of drug-likeness (QED) is 0.180. The van der Waals surface area contributed by atoms with E-state index in [1.807, 2.05) is 0 Å². The Bertz CT molecular complexity index is 1250. The van der Waals surface area contributed by atoms with Crippen LogP contribution >= 0.6 is 23.4 Å². The Kier molecular flexibility index (Phi) is 11.6. The van der Waals surface area contributed by atoms with E-state index < -0.39 is 17.8 Å². The highest BCUT2D eigenvalue weighted by Crippen LogP contribution is 2.37. The van der Waals surface area contributed by atoms with Crippen molar-refractivity contribution in [1.82, 2.24) is 10.6 Å². The molecule has 0 saturated heterocycles. The van der Waals surface area contributed by atoms with Gasteiger partial charge in [0.05, 0.1) is 18.7 Å². The highest BCUT2D eigenvalue weighted by atomic mass is 35.5. The summed E-state index contributed by atoms with van der Waals surface area (Å²) in [7, 11) is 1.33. The number of amidine groups is 2. The molecule has 2 aliphatic carbocycles. The molecule has 1 atom stereocenters. The molecule has 0 aromatic heterocycles. The molecule has 3 aliphatic rings. The number of ether oxygens (including phenoxy) is 1. The number of halogens is 2. The molecule has 4 rings (SSSR count). The van der Waals surface area contributed by atoms with Crippen LogP contribution in [0.15, 0.2) is 69.9 Å². The highest BCUT2D eigenvalue weighted by molar-refractivity contribution is 8.14. The van der Waals surface area contributed by atoms with Crippen LogP contribution in [-0.4, -0.2) is 47.6 Å². The minimum atomic E-state index is -0.845. The third kappa shape index (κ3) is 8.32. The molecule has 1 heterocycles. The number of hydrogen-bond donors (Lipinski definition) is 2. The molecular weight excluding hydrogens is 561 g/mol. The minimum Gasteiger partial charge on any atom is -0.466 e. The summed E-state index contributed by atoms with van der Waals surface area (Å²) in [4.78, 5) is 27.5. The Morgan fingerprint density at radius 3 is 2.54 bits per heavy atom. The standard InChI is InChI=1S/C31H39ClFN5O2S/c1-4-25(34-5-2)29-37-26(27(30(39)40-3)28(38-29)23-17-16-20(33)18-24(23)32)19-41-31(35-21-12-8-6-9-13-21)36-22-14-10-7-11-15-22/h4-5,16-18,21-22,28H,1-2,6-15,19H2,3H3,(H,35,36)(H,37,38). The number of benzene rings is 1. The fourth-order valence-corrected chi connectivity index (χ4v) is 6.75. The number of hydrogen-bond acceptors (Lipinski definition) is 7. The molecular formula is C31H39ClFN5O2S. The van der Waals surface area contributed by atoms with Crippen molar-refractivity contribution in [2.24, 2.45) is 15.0 Å². The number of rotatable bonds is 9. The zero-order chi connectivity index (χ0) is 29.2. The van der Waals surface area contributed by atoms with Crippen molar-refractivity contribution in [3.8, 4) is 0 Å². The topological polar surface area (TPSA) is 87.4 Å². The van der Waals surface area contributed by atoms with E-state index in [9.17, 15) is 9.18 Å². The van der Waals surface area contributed by atoms with E-state index in [0.717, 1.165) is 30.9 Å². The van der Waals surface area contributed by atoms with E-state index in [1.165, 1.54) is 64.0 Å². The Morgan fingerprint density at radius 2 is 1.90 bits per heavy atom. The van der Waals surface area contributed by atoms with Gasteiger partial charge in [-0.3, -0.25) is 15.0 Å². The number of aliphatic imine (C=N–C) groups is 3. The monoisotopic (exact) mass is 599 g/mol. The summed E-state index contributed by atoms with van der Waals surface area (Å²) >= 11 is 8.05. The second-order valence-corrected chi connectivity index (χ2v) is 11.8. The molecule has 41 heavy (non-hydrogen) atoms. The lowest BCUT2D eigenvalue weighted by atomic mass is 9.95. The van der Waals surface area contributed by atoms with Gasteiger partial charge < -0.3 is 15.4 Å². The number of nitrogens with one attached hydrogen (secondary N) is 2. The van der Waals surface area contributed by atoms with Gasteiger partial charge in [0.25, 0.3) is 0 Å². The van der Waals surface area contributed by atoms with E-state index in [2.05, 4.69) is 28.8 Å². The van der Waals surface area contributed by atoms with Gasteiger partial charge in [-0.1, -0.05) is 81.1 Å². The van der Waals surface area contributed by atoms with Crippen LogP contribution in [-0.2, 0) is 9.53 Å². The van der Waals surface area contributed by atoms with Gasteiger partial charge in [0.1, 0.15) is 17.6 Å². The molecule has 220 valence electrons. The molecule has 10 heteroatoms. The first-order valence-corrected chi connectivity index (χ1v) is 15.7. The summed E-state index contributed by atoms with van der Waals surface area (Å²) in [6.45, 7) is 7.56. The second kappa shape index (κ2) is 15.4. The van der Waals surface area contributed by atoms with E-state index in [0.29, 0.717) is 46.2 Å².